The number of hydrogen-bond donors (Lipinski definition) is 0. The van der Waals surface area contributed by atoms with Crippen molar-refractivity contribution in [1.29, 1.82) is 5.26 Å². The Morgan fingerprint density at radius 1 is 1.37 bits per heavy atom. The topological polar surface area (TPSA) is 39.9 Å². The van der Waals surface area contributed by atoms with Crippen LogP contribution in [-0.2, 0) is 6.54 Å². The minimum absolute atomic E-state index is 0.415. The minimum atomic E-state index is 0.415. The van der Waals surface area contributed by atoms with Crippen LogP contribution in [0.4, 0.5) is 0 Å². The van der Waals surface area contributed by atoms with Crippen molar-refractivity contribution in [1.82, 2.24) is 9.88 Å². The van der Waals surface area contributed by atoms with Crippen LogP contribution < -0.4 is 0 Å². The molecule has 1 saturated heterocycles. The molecule has 2 rings (SSSR count). The average Bonchev–Trinajstić information content (AvgIpc) is 2.39. The minimum Gasteiger partial charge on any atom is -0.299 e. The van der Waals surface area contributed by atoms with E-state index in [4.69, 9.17) is 5.26 Å². The lowest BCUT2D eigenvalue weighted by Gasteiger charge is -2.38. The Hall–Kier alpha value is -1.40. The average molecular weight is 257 g/mol. The summed E-state index contributed by atoms with van der Waals surface area (Å²) in [6, 6.07) is 6.11. The molecule has 0 N–H and O–H groups in total. The summed E-state index contributed by atoms with van der Waals surface area (Å²) in [7, 11) is 0. The number of nitriles is 1. The molecule has 3 nitrogen and oxygen atoms in total. The van der Waals surface area contributed by atoms with Gasteiger partial charge in [0, 0.05) is 18.3 Å². The normalized spacial score (nSPS) is 18.2. The number of rotatable bonds is 2. The van der Waals surface area contributed by atoms with Crippen molar-refractivity contribution < 1.29 is 0 Å². The van der Waals surface area contributed by atoms with Crippen molar-refractivity contribution >= 4 is 0 Å². The summed E-state index contributed by atoms with van der Waals surface area (Å²) in [6.07, 6.45) is 4.20. The molecule has 1 aromatic rings. The number of likely N-dealkylation sites (tertiary alicyclic amines) is 1. The van der Waals surface area contributed by atoms with E-state index in [1.165, 1.54) is 12.8 Å². The molecule has 2 heterocycles. The first kappa shape index (κ1) is 14.0. The van der Waals surface area contributed by atoms with E-state index in [1.807, 2.05) is 12.1 Å². The van der Waals surface area contributed by atoms with Gasteiger partial charge in [-0.1, -0.05) is 26.8 Å². The third-order valence-corrected chi connectivity index (χ3v) is 4.20. The quantitative estimate of drug-likeness (QED) is 0.816. The second-order valence-corrected chi connectivity index (χ2v) is 6.54. The van der Waals surface area contributed by atoms with Gasteiger partial charge >= 0.3 is 0 Å². The number of aromatic nitrogens is 1. The Balaban J connectivity index is 1.95. The lowest BCUT2D eigenvalue weighted by atomic mass is 9.75. The largest absolute Gasteiger partial charge is 0.299 e. The Bertz CT molecular complexity index is 460. The van der Waals surface area contributed by atoms with Crippen molar-refractivity contribution in [3.8, 4) is 6.07 Å². The van der Waals surface area contributed by atoms with E-state index >= 15 is 0 Å². The van der Waals surface area contributed by atoms with E-state index in [-0.39, 0.29) is 0 Å². The highest BCUT2D eigenvalue weighted by Gasteiger charge is 2.28. The van der Waals surface area contributed by atoms with Crippen LogP contribution >= 0.6 is 0 Å². The van der Waals surface area contributed by atoms with Crippen LogP contribution in [0.1, 0.15) is 44.9 Å². The van der Waals surface area contributed by atoms with Gasteiger partial charge in [0.15, 0.2) is 0 Å². The van der Waals surface area contributed by atoms with Crippen molar-refractivity contribution in [2.45, 2.75) is 40.2 Å². The van der Waals surface area contributed by atoms with Crippen LogP contribution in [-0.4, -0.2) is 23.0 Å². The molecule has 0 amide bonds. The zero-order valence-electron chi connectivity index (χ0n) is 12.2. The maximum Gasteiger partial charge on any atom is 0.144 e. The van der Waals surface area contributed by atoms with E-state index in [9.17, 15) is 0 Å². The summed E-state index contributed by atoms with van der Waals surface area (Å²) in [4.78, 5) is 6.57. The molecule has 0 aromatic carbocycles. The van der Waals surface area contributed by atoms with E-state index in [0.29, 0.717) is 11.1 Å². The summed E-state index contributed by atoms with van der Waals surface area (Å²) in [5.74, 6) is 0.813. The van der Waals surface area contributed by atoms with Gasteiger partial charge in [-0.2, -0.15) is 5.26 Å². The Morgan fingerprint density at radius 2 is 2.05 bits per heavy atom. The van der Waals surface area contributed by atoms with E-state index in [0.717, 1.165) is 31.1 Å². The smallest absolute Gasteiger partial charge is 0.144 e. The molecule has 19 heavy (non-hydrogen) atoms. The van der Waals surface area contributed by atoms with Gasteiger partial charge in [0.1, 0.15) is 11.8 Å². The molecule has 1 fully saturated rings. The molecule has 0 spiro atoms. The second kappa shape index (κ2) is 5.71. The molecule has 0 radical (unpaired) electrons. The zero-order chi connectivity index (χ0) is 13.9. The van der Waals surface area contributed by atoms with Crippen LogP contribution in [0, 0.1) is 22.7 Å². The highest BCUT2D eigenvalue weighted by molar-refractivity contribution is 5.30. The van der Waals surface area contributed by atoms with Crippen molar-refractivity contribution in [2.24, 2.45) is 11.3 Å². The molecule has 0 bridgehead atoms. The summed E-state index contributed by atoms with van der Waals surface area (Å²) < 4.78 is 0. The summed E-state index contributed by atoms with van der Waals surface area (Å²) in [6.45, 7) is 10.1. The van der Waals surface area contributed by atoms with Gasteiger partial charge in [-0.05, 0) is 43.3 Å². The summed E-state index contributed by atoms with van der Waals surface area (Å²) in [5, 5.41) is 9.07. The van der Waals surface area contributed by atoms with E-state index in [1.54, 1.807) is 6.20 Å². The van der Waals surface area contributed by atoms with E-state index in [2.05, 4.69) is 36.7 Å². The Kier molecular flexibility index (Phi) is 4.21. The van der Waals surface area contributed by atoms with Gasteiger partial charge < -0.3 is 0 Å². The van der Waals surface area contributed by atoms with Crippen LogP contribution in [0.5, 0.6) is 0 Å². The first-order valence-electron chi connectivity index (χ1n) is 7.07. The molecule has 0 saturated carbocycles. The SMILES string of the molecule is CC(C)(C)C1CCN(Cc2cccnc2C#N)CC1. The van der Waals surface area contributed by atoms with Gasteiger partial charge in [-0.25, -0.2) is 4.98 Å². The fourth-order valence-corrected chi connectivity index (χ4v) is 2.86. The van der Waals surface area contributed by atoms with Crippen LogP contribution in [0.3, 0.4) is 0 Å². The van der Waals surface area contributed by atoms with Gasteiger partial charge in [0.05, 0.1) is 0 Å². The maximum atomic E-state index is 9.07. The maximum absolute atomic E-state index is 9.07. The molecular weight excluding hydrogens is 234 g/mol. The highest BCUT2D eigenvalue weighted by atomic mass is 15.1. The lowest BCUT2D eigenvalue weighted by molar-refractivity contribution is 0.108. The molecule has 0 unspecified atom stereocenters. The Morgan fingerprint density at radius 3 is 2.63 bits per heavy atom. The fraction of sp³-hybridized carbons (Fsp3) is 0.625. The highest BCUT2D eigenvalue weighted by Crippen LogP contribution is 2.34. The number of piperidine rings is 1. The van der Waals surface area contributed by atoms with E-state index < -0.39 is 0 Å². The number of hydrogen-bond acceptors (Lipinski definition) is 3. The molecule has 3 heteroatoms. The fourth-order valence-electron chi connectivity index (χ4n) is 2.86. The van der Waals surface area contributed by atoms with Crippen molar-refractivity contribution in [2.75, 3.05) is 13.1 Å². The third kappa shape index (κ3) is 3.54. The standard InChI is InChI=1S/C16H23N3/c1-16(2,3)14-6-9-19(10-7-14)12-13-5-4-8-18-15(13)11-17/h4-5,8,14H,6-7,9-10,12H2,1-3H3. The third-order valence-electron chi connectivity index (χ3n) is 4.20. The molecule has 0 atom stereocenters. The number of nitrogens with zero attached hydrogens (tertiary/aromatic N) is 3. The van der Waals surface area contributed by atoms with Crippen LogP contribution in [0.15, 0.2) is 18.3 Å². The molecule has 102 valence electrons. The van der Waals surface area contributed by atoms with Gasteiger partial charge in [0.25, 0.3) is 0 Å². The first-order valence-corrected chi connectivity index (χ1v) is 7.07. The molecule has 1 aliphatic rings. The van der Waals surface area contributed by atoms with Gasteiger partial charge in [-0.15, -0.1) is 0 Å². The predicted octanol–water partition coefficient (Wildman–Crippen LogP) is 3.21. The summed E-state index contributed by atoms with van der Waals surface area (Å²) >= 11 is 0. The molecule has 1 aliphatic heterocycles. The van der Waals surface area contributed by atoms with Crippen molar-refractivity contribution in [3.05, 3.63) is 29.6 Å². The van der Waals surface area contributed by atoms with Gasteiger partial charge in [0.2, 0.25) is 0 Å². The lowest BCUT2D eigenvalue weighted by Crippen LogP contribution is -2.37. The molecule has 0 aliphatic carbocycles. The number of pyridine rings is 1. The first-order chi connectivity index (χ1) is 9.00. The summed E-state index contributed by atoms with van der Waals surface area (Å²) in [5.41, 5.74) is 2.04. The van der Waals surface area contributed by atoms with Crippen molar-refractivity contribution in [3.63, 3.8) is 0 Å². The van der Waals surface area contributed by atoms with Crippen LogP contribution in [0.25, 0.3) is 0 Å². The second-order valence-electron chi connectivity index (χ2n) is 6.54. The monoisotopic (exact) mass is 257 g/mol. The Labute approximate surface area is 116 Å². The zero-order valence-corrected chi connectivity index (χ0v) is 12.2. The molecule has 1 aromatic heterocycles. The predicted molar refractivity (Wildman–Crippen MR) is 76.4 cm³/mol. The molecular formula is C16H23N3. The van der Waals surface area contributed by atoms with Crippen LogP contribution in [0.2, 0.25) is 0 Å². The van der Waals surface area contributed by atoms with Gasteiger partial charge in [-0.3, -0.25) is 4.90 Å².